The molecular weight excluding hydrogens is 216 g/mol. The lowest BCUT2D eigenvalue weighted by molar-refractivity contribution is 0.0985. The maximum atomic E-state index is 8.30. The van der Waals surface area contributed by atoms with E-state index in [1.807, 2.05) is 48.5 Å². The predicted octanol–water partition coefficient (Wildman–Crippen LogP) is 2.71. The van der Waals surface area contributed by atoms with Crippen molar-refractivity contribution in [3.63, 3.8) is 0 Å². The van der Waals surface area contributed by atoms with Crippen LogP contribution in [-0.4, -0.2) is 19.0 Å². The molecule has 1 N–H and O–H groups in total. The van der Waals surface area contributed by atoms with Crippen molar-refractivity contribution in [2.24, 2.45) is 0 Å². The van der Waals surface area contributed by atoms with Crippen LogP contribution in [0, 0.1) is 0 Å². The molecule has 0 aliphatic rings. The van der Waals surface area contributed by atoms with E-state index in [-0.39, 0.29) is 6.79 Å². The Morgan fingerprint density at radius 2 is 1.29 bits per heavy atom. The van der Waals surface area contributed by atoms with E-state index in [1.165, 1.54) is 0 Å². The third-order valence-corrected chi connectivity index (χ3v) is 1.95. The van der Waals surface area contributed by atoms with E-state index in [0.29, 0.717) is 5.75 Å². The molecule has 0 atom stereocenters. The van der Waals surface area contributed by atoms with Crippen LogP contribution in [-0.2, 0) is 0 Å². The normalized spacial score (nSPS) is 8.82. The molecule has 0 aliphatic heterocycles. The Balaban J connectivity index is 0.000000171. The number of aliphatic hydroxyl groups is 1. The second-order valence-corrected chi connectivity index (χ2v) is 3.10. The van der Waals surface area contributed by atoms with Gasteiger partial charge in [-0.25, -0.2) is 0 Å². The van der Waals surface area contributed by atoms with Gasteiger partial charge < -0.3 is 14.6 Å². The minimum atomic E-state index is -0.260. The van der Waals surface area contributed by atoms with Crippen LogP contribution in [0.25, 0.3) is 0 Å². The fraction of sp³-hybridized carbons (Fsp3) is 0.143. The van der Waals surface area contributed by atoms with Gasteiger partial charge in [-0.15, -0.1) is 0 Å². The molecule has 0 unspecified atom stereocenters. The van der Waals surface area contributed by atoms with Crippen LogP contribution in [0.3, 0.4) is 0 Å². The van der Waals surface area contributed by atoms with Crippen molar-refractivity contribution in [1.29, 1.82) is 0 Å². The lowest BCUT2D eigenvalue weighted by Crippen LogP contribution is -1.93. The summed E-state index contributed by atoms with van der Waals surface area (Å²) in [7, 11) is 1.66. The summed E-state index contributed by atoms with van der Waals surface area (Å²) < 4.78 is 9.68. The SMILES string of the molecule is COc1ccccc1.OCOc1ccccc1. The third-order valence-electron chi connectivity index (χ3n) is 1.95. The molecule has 2 aromatic rings. The summed E-state index contributed by atoms with van der Waals surface area (Å²) in [6.07, 6.45) is 0. The summed E-state index contributed by atoms with van der Waals surface area (Å²) in [5, 5.41) is 8.30. The third kappa shape index (κ3) is 5.58. The largest absolute Gasteiger partial charge is 0.497 e. The van der Waals surface area contributed by atoms with Crippen LogP contribution < -0.4 is 9.47 Å². The van der Waals surface area contributed by atoms with Crippen LogP contribution in [0.1, 0.15) is 0 Å². The van der Waals surface area contributed by atoms with E-state index >= 15 is 0 Å². The first-order chi connectivity index (χ1) is 8.36. The van der Waals surface area contributed by atoms with Crippen molar-refractivity contribution < 1.29 is 14.6 Å². The number of rotatable bonds is 3. The zero-order valence-electron chi connectivity index (χ0n) is 9.74. The maximum Gasteiger partial charge on any atom is 0.186 e. The van der Waals surface area contributed by atoms with E-state index in [1.54, 1.807) is 19.2 Å². The highest BCUT2D eigenvalue weighted by Gasteiger charge is 1.84. The maximum absolute atomic E-state index is 8.30. The van der Waals surface area contributed by atoms with E-state index < -0.39 is 0 Å². The van der Waals surface area contributed by atoms with Crippen molar-refractivity contribution in [2.45, 2.75) is 0 Å². The molecule has 0 aliphatic carbocycles. The first-order valence-corrected chi connectivity index (χ1v) is 5.24. The minimum Gasteiger partial charge on any atom is -0.497 e. The van der Waals surface area contributed by atoms with Gasteiger partial charge in [0, 0.05) is 0 Å². The molecule has 2 rings (SSSR count). The fourth-order valence-corrected chi connectivity index (χ4v) is 1.15. The van der Waals surface area contributed by atoms with Crippen molar-refractivity contribution in [3.05, 3.63) is 60.7 Å². The minimum absolute atomic E-state index is 0.260. The summed E-state index contributed by atoms with van der Waals surface area (Å²) in [5.74, 6) is 1.60. The predicted molar refractivity (Wildman–Crippen MR) is 67.1 cm³/mol. The quantitative estimate of drug-likeness (QED) is 0.827. The molecule has 90 valence electrons. The second-order valence-electron chi connectivity index (χ2n) is 3.10. The van der Waals surface area contributed by atoms with Gasteiger partial charge >= 0.3 is 0 Å². The van der Waals surface area contributed by atoms with Gasteiger partial charge in [0.25, 0.3) is 0 Å². The lowest BCUT2D eigenvalue weighted by Gasteiger charge is -1.98. The topological polar surface area (TPSA) is 38.7 Å². The Bertz CT molecular complexity index is 387. The molecule has 0 spiro atoms. The Kier molecular flexibility index (Phi) is 6.29. The highest BCUT2D eigenvalue weighted by atomic mass is 16.6. The van der Waals surface area contributed by atoms with Gasteiger partial charge in [0.2, 0.25) is 0 Å². The molecule has 17 heavy (non-hydrogen) atoms. The molecule has 0 radical (unpaired) electrons. The van der Waals surface area contributed by atoms with E-state index in [2.05, 4.69) is 0 Å². The Morgan fingerprint density at radius 1 is 0.824 bits per heavy atom. The molecule has 3 heteroatoms. The van der Waals surface area contributed by atoms with Gasteiger partial charge in [-0.1, -0.05) is 36.4 Å². The molecule has 2 aromatic carbocycles. The number of benzene rings is 2. The Hall–Kier alpha value is -2.00. The highest BCUT2D eigenvalue weighted by molar-refractivity contribution is 5.21. The smallest absolute Gasteiger partial charge is 0.186 e. The number of ether oxygens (including phenoxy) is 2. The number of hydrogen-bond donors (Lipinski definition) is 1. The number of para-hydroxylation sites is 2. The van der Waals surface area contributed by atoms with Crippen molar-refractivity contribution in [2.75, 3.05) is 13.9 Å². The van der Waals surface area contributed by atoms with Gasteiger partial charge in [-0.05, 0) is 24.3 Å². The first kappa shape index (κ1) is 13.1. The van der Waals surface area contributed by atoms with Crippen LogP contribution in [0.5, 0.6) is 11.5 Å². The van der Waals surface area contributed by atoms with Crippen molar-refractivity contribution in [3.8, 4) is 11.5 Å². The average molecular weight is 232 g/mol. The number of hydrogen-bond acceptors (Lipinski definition) is 3. The molecule has 0 fully saturated rings. The fourth-order valence-electron chi connectivity index (χ4n) is 1.15. The lowest BCUT2D eigenvalue weighted by atomic mass is 10.3. The molecule has 0 amide bonds. The summed E-state index contributed by atoms with van der Waals surface area (Å²) in [4.78, 5) is 0. The molecule has 0 bridgehead atoms. The van der Waals surface area contributed by atoms with Crippen LogP contribution in [0.4, 0.5) is 0 Å². The summed E-state index contributed by atoms with van der Waals surface area (Å²) in [6, 6.07) is 18.9. The van der Waals surface area contributed by atoms with E-state index in [0.717, 1.165) is 5.75 Å². The molecule has 0 saturated carbocycles. The van der Waals surface area contributed by atoms with Crippen molar-refractivity contribution >= 4 is 0 Å². The zero-order chi connectivity index (χ0) is 12.3. The van der Waals surface area contributed by atoms with Crippen LogP contribution in [0.2, 0.25) is 0 Å². The Morgan fingerprint density at radius 3 is 1.65 bits per heavy atom. The standard InChI is InChI=1S/C7H8O2.C7H8O/c8-6-9-7-4-2-1-3-5-7;1-8-7-5-3-2-4-6-7/h1-5,8H,6H2;2-6H,1H3. The Labute approximate surface area is 101 Å². The zero-order valence-corrected chi connectivity index (χ0v) is 9.74. The molecular formula is C14H16O3. The van der Waals surface area contributed by atoms with E-state index in [4.69, 9.17) is 14.6 Å². The first-order valence-electron chi connectivity index (χ1n) is 5.24. The number of methoxy groups -OCH3 is 1. The van der Waals surface area contributed by atoms with Crippen molar-refractivity contribution in [1.82, 2.24) is 0 Å². The van der Waals surface area contributed by atoms with Gasteiger partial charge in [0.15, 0.2) is 6.79 Å². The van der Waals surface area contributed by atoms with Crippen LogP contribution >= 0.6 is 0 Å². The molecule has 0 heterocycles. The molecule has 0 saturated heterocycles. The van der Waals surface area contributed by atoms with Gasteiger partial charge in [-0.2, -0.15) is 0 Å². The van der Waals surface area contributed by atoms with Gasteiger partial charge in [0.1, 0.15) is 11.5 Å². The highest BCUT2D eigenvalue weighted by Crippen LogP contribution is 2.06. The second kappa shape index (κ2) is 8.19. The summed E-state index contributed by atoms with van der Waals surface area (Å²) >= 11 is 0. The molecule has 3 nitrogen and oxygen atoms in total. The van der Waals surface area contributed by atoms with Crippen LogP contribution in [0.15, 0.2) is 60.7 Å². The van der Waals surface area contributed by atoms with Gasteiger partial charge in [-0.3, -0.25) is 0 Å². The summed E-state index contributed by atoms with van der Waals surface area (Å²) in [5.41, 5.74) is 0. The average Bonchev–Trinajstić information content (AvgIpc) is 2.42. The number of aliphatic hydroxyl groups excluding tert-OH is 1. The van der Waals surface area contributed by atoms with Gasteiger partial charge in [0.05, 0.1) is 7.11 Å². The van der Waals surface area contributed by atoms with E-state index in [9.17, 15) is 0 Å². The monoisotopic (exact) mass is 232 g/mol. The summed E-state index contributed by atoms with van der Waals surface area (Å²) in [6.45, 7) is -0.260. The molecule has 0 aromatic heterocycles.